The number of anilines is 1. The van der Waals surface area contributed by atoms with E-state index in [4.69, 9.17) is 4.74 Å². The lowest BCUT2D eigenvalue weighted by atomic mass is 10.1. The van der Waals surface area contributed by atoms with Gasteiger partial charge in [-0.2, -0.15) is 0 Å². The van der Waals surface area contributed by atoms with E-state index >= 15 is 0 Å². The minimum atomic E-state index is -0.0204. The standard InChI is InChI=1S/C12H13NO2/c1-3-6-13-10-7-9(2)4-5-11(10)15-8-12(13)14/h3-5,7H,1,6,8H2,2H3. The second kappa shape index (κ2) is 3.77. The minimum absolute atomic E-state index is 0.0204. The van der Waals surface area contributed by atoms with Gasteiger partial charge < -0.3 is 9.64 Å². The Kier molecular flexibility index (Phi) is 2.46. The molecule has 0 bridgehead atoms. The van der Waals surface area contributed by atoms with Crippen LogP contribution in [0.15, 0.2) is 30.9 Å². The number of amides is 1. The molecule has 3 nitrogen and oxygen atoms in total. The second-order valence-electron chi connectivity index (χ2n) is 3.55. The fraction of sp³-hybridized carbons (Fsp3) is 0.250. The molecular weight excluding hydrogens is 190 g/mol. The van der Waals surface area contributed by atoms with Crippen LogP contribution in [-0.4, -0.2) is 19.1 Å². The highest BCUT2D eigenvalue weighted by atomic mass is 16.5. The van der Waals surface area contributed by atoms with Crippen molar-refractivity contribution in [1.82, 2.24) is 0 Å². The Balaban J connectivity index is 2.45. The third kappa shape index (κ3) is 1.73. The largest absolute Gasteiger partial charge is 0.482 e. The van der Waals surface area contributed by atoms with Crippen molar-refractivity contribution < 1.29 is 9.53 Å². The van der Waals surface area contributed by atoms with Crippen molar-refractivity contribution in [2.75, 3.05) is 18.1 Å². The summed E-state index contributed by atoms with van der Waals surface area (Å²) in [4.78, 5) is 13.3. The highest BCUT2D eigenvalue weighted by Crippen LogP contribution is 2.32. The van der Waals surface area contributed by atoms with Crippen LogP contribution < -0.4 is 9.64 Å². The molecule has 0 spiro atoms. The fourth-order valence-corrected chi connectivity index (χ4v) is 1.64. The van der Waals surface area contributed by atoms with E-state index in [1.807, 2.05) is 25.1 Å². The molecule has 0 radical (unpaired) electrons. The average Bonchev–Trinajstić information content (AvgIpc) is 2.23. The van der Waals surface area contributed by atoms with E-state index < -0.39 is 0 Å². The third-order valence-corrected chi connectivity index (χ3v) is 2.37. The molecule has 0 aliphatic carbocycles. The molecule has 0 aromatic heterocycles. The SMILES string of the molecule is C=CCN1C(=O)COc2ccc(C)cc21. The van der Waals surface area contributed by atoms with Crippen LogP contribution in [0.25, 0.3) is 0 Å². The molecule has 1 aliphatic heterocycles. The van der Waals surface area contributed by atoms with Crippen molar-refractivity contribution >= 4 is 11.6 Å². The second-order valence-corrected chi connectivity index (χ2v) is 3.55. The fourth-order valence-electron chi connectivity index (χ4n) is 1.64. The Morgan fingerprint density at radius 3 is 3.13 bits per heavy atom. The van der Waals surface area contributed by atoms with E-state index in [0.717, 1.165) is 17.0 Å². The first-order chi connectivity index (χ1) is 7.22. The molecule has 2 rings (SSSR count). The van der Waals surface area contributed by atoms with Crippen LogP contribution in [0, 0.1) is 6.92 Å². The van der Waals surface area contributed by atoms with Crippen LogP contribution in [0.2, 0.25) is 0 Å². The van der Waals surface area contributed by atoms with Crippen molar-refractivity contribution in [1.29, 1.82) is 0 Å². The predicted octanol–water partition coefficient (Wildman–Crippen LogP) is 1.91. The van der Waals surface area contributed by atoms with Gasteiger partial charge in [-0.3, -0.25) is 4.79 Å². The lowest BCUT2D eigenvalue weighted by Gasteiger charge is -2.28. The summed E-state index contributed by atoms with van der Waals surface area (Å²) in [7, 11) is 0. The molecule has 1 aromatic carbocycles. The maximum Gasteiger partial charge on any atom is 0.265 e. The van der Waals surface area contributed by atoms with Crippen molar-refractivity contribution in [3.8, 4) is 5.75 Å². The van der Waals surface area contributed by atoms with Gasteiger partial charge in [0.05, 0.1) is 5.69 Å². The normalized spacial score (nSPS) is 14.5. The van der Waals surface area contributed by atoms with Gasteiger partial charge in [-0.1, -0.05) is 12.1 Å². The van der Waals surface area contributed by atoms with Crippen LogP contribution >= 0.6 is 0 Å². The number of fused-ring (bicyclic) bond motifs is 1. The molecule has 0 atom stereocenters. The van der Waals surface area contributed by atoms with E-state index in [1.54, 1.807) is 11.0 Å². The molecule has 0 N–H and O–H groups in total. The summed E-state index contributed by atoms with van der Waals surface area (Å²) in [6.07, 6.45) is 1.72. The molecule has 15 heavy (non-hydrogen) atoms. The van der Waals surface area contributed by atoms with Gasteiger partial charge in [0.15, 0.2) is 6.61 Å². The van der Waals surface area contributed by atoms with Gasteiger partial charge in [0.25, 0.3) is 5.91 Å². The van der Waals surface area contributed by atoms with Crippen molar-refractivity contribution in [2.45, 2.75) is 6.92 Å². The van der Waals surface area contributed by atoms with Crippen LogP contribution in [0.3, 0.4) is 0 Å². The van der Waals surface area contributed by atoms with Crippen LogP contribution in [0.1, 0.15) is 5.56 Å². The molecule has 0 saturated carbocycles. The average molecular weight is 203 g/mol. The van der Waals surface area contributed by atoms with Gasteiger partial charge in [0, 0.05) is 6.54 Å². The number of nitrogens with zero attached hydrogens (tertiary/aromatic N) is 1. The zero-order chi connectivity index (χ0) is 10.8. The van der Waals surface area contributed by atoms with Crippen molar-refractivity contribution in [3.05, 3.63) is 36.4 Å². The number of aryl methyl sites for hydroxylation is 1. The number of hydrogen-bond donors (Lipinski definition) is 0. The molecular formula is C12H13NO2. The summed E-state index contributed by atoms with van der Waals surface area (Å²) < 4.78 is 5.34. The lowest BCUT2D eigenvalue weighted by Crippen LogP contribution is -2.38. The lowest BCUT2D eigenvalue weighted by molar-refractivity contribution is -0.121. The zero-order valence-electron chi connectivity index (χ0n) is 8.69. The Bertz CT molecular complexity index is 412. The summed E-state index contributed by atoms with van der Waals surface area (Å²) in [5.41, 5.74) is 1.95. The summed E-state index contributed by atoms with van der Waals surface area (Å²) in [5.74, 6) is 0.745. The summed E-state index contributed by atoms with van der Waals surface area (Å²) in [6.45, 7) is 6.28. The van der Waals surface area contributed by atoms with E-state index in [9.17, 15) is 4.79 Å². The zero-order valence-corrected chi connectivity index (χ0v) is 8.69. The number of ether oxygens (including phenoxy) is 1. The molecule has 1 amide bonds. The van der Waals surface area contributed by atoms with Crippen LogP contribution in [0.4, 0.5) is 5.69 Å². The van der Waals surface area contributed by atoms with Crippen LogP contribution in [0.5, 0.6) is 5.75 Å². The van der Waals surface area contributed by atoms with Gasteiger partial charge in [-0.05, 0) is 24.6 Å². The van der Waals surface area contributed by atoms with Crippen LogP contribution in [-0.2, 0) is 4.79 Å². The van der Waals surface area contributed by atoms with Crippen molar-refractivity contribution in [3.63, 3.8) is 0 Å². The topological polar surface area (TPSA) is 29.5 Å². The first kappa shape index (κ1) is 9.77. The molecule has 3 heteroatoms. The highest BCUT2D eigenvalue weighted by Gasteiger charge is 2.24. The quantitative estimate of drug-likeness (QED) is 0.687. The number of carbonyl (C=O) groups is 1. The van der Waals surface area contributed by atoms with Gasteiger partial charge >= 0.3 is 0 Å². The Morgan fingerprint density at radius 1 is 1.60 bits per heavy atom. The van der Waals surface area contributed by atoms with Crippen molar-refractivity contribution in [2.24, 2.45) is 0 Å². The molecule has 1 heterocycles. The van der Waals surface area contributed by atoms with Gasteiger partial charge in [-0.15, -0.1) is 6.58 Å². The summed E-state index contributed by atoms with van der Waals surface area (Å²) in [5, 5.41) is 0. The first-order valence-electron chi connectivity index (χ1n) is 4.87. The van der Waals surface area contributed by atoms with E-state index in [2.05, 4.69) is 6.58 Å². The molecule has 0 unspecified atom stereocenters. The van der Waals surface area contributed by atoms with Gasteiger partial charge in [0.2, 0.25) is 0 Å². The molecule has 1 aliphatic rings. The maximum absolute atomic E-state index is 11.6. The Labute approximate surface area is 89.0 Å². The molecule has 0 saturated heterocycles. The number of carbonyl (C=O) groups excluding carboxylic acids is 1. The minimum Gasteiger partial charge on any atom is -0.482 e. The summed E-state index contributed by atoms with van der Waals surface area (Å²) >= 11 is 0. The maximum atomic E-state index is 11.6. The number of rotatable bonds is 2. The number of hydrogen-bond acceptors (Lipinski definition) is 2. The highest BCUT2D eigenvalue weighted by molar-refractivity contribution is 5.98. The van der Waals surface area contributed by atoms with E-state index in [1.165, 1.54) is 0 Å². The summed E-state index contributed by atoms with van der Waals surface area (Å²) in [6, 6.07) is 5.82. The Morgan fingerprint density at radius 2 is 2.40 bits per heavy atom. The number of benzene rings is 1. The third-order valence-electron chi connectivity index (χ3n) is 2.37. The smallest absolute Gasteiger partial charge is 0.265 e. The molecule has 1 aromatic rings. The molecule has 0 fully saturated rings. The molecule has 78 valence electrons. The van der Waals surface area contributed by atoms with Gasteiger partial charge in [0.1, 0.15) is 5.75 Å². The Hall–Kier alpha value is -1.77. The van der Waals surface area contributed by atoms with E-state index in [0.29, 0.717) is 6.54 Å². The monoisotopic (exact) mass is 203 g/mol. The first-order valence-corrected chi connectivity index (χ1v) is 4.87. The predicted molar refractivity (Wildman–Crippen MR) is 59.2 cm³/mol. The van der Waals surface area contributed by atoms with E-state index in [-0.39, 0.29) is 12.5 Å². The van der Waals surface area contributed by atoms with Gasteiger partial charge in [-0.25, -0.2) is 0 Å².